The molecule has 0 heterocycles. The standard InChI is InChI=1S/C12H17BrO4/c1-3-17-10-5-4-8(6-11(10)16-2)12(15)9(14)7-13/h4-6,9,12,14-15H,3,7H2,1-2H3. The zero-order valence-corrected chi connectivity index (χ0v) is 11.5. The molecular formula is C12H17BrO4. The van der Waals surface area contributed by atoms with Crippen molar-refractivity contribution in [3.63, 3.8) is 0 Å². The summed E-state index contributed by atoms with van der Waals surface area (Å²) in [4.78, 5) is 0. The van der Waals surface area contributed by atoms with Crippen LogP contribution in [0.1, 0.15) is 18.6 Å². The van der Waals surface area contributed by atoms with Gasteiger partial charge in [-0.2, -0.15) is 0 Å². The van der Waals surface area contributed by atoms with Crippen LogP contribution in [-0.2, 0) is 0 Å². The summed E-state index contributed by atoms with van der Waals surface area (Å²) in [6.07, 6.45) is -1.79. The van der Waals surface area contributed by atoms with E-state index in [-0.39, 0.29) is 0 Å². The van der Waals surface area contributed by atoms with E-state index in [4.69, 9.17) is 9.47 Å². The highest BCUT2D eigenvalue weighted by molar-refractivity contribution is 9.09. The van der Waals surface area contributed by atoms with Crippen LogP contribution in [0.3, 0.4) is 0 Å². The molecule has 2 atom stereocenters. The first-order chi connectivity index (χ1) is 8.13. The summed E-state index contributed by atoms with van der Waals surface area (Å²) in [6, 6.07) is 5.10. The average molecular weight is 305 g/mol. The number of benzene rings is 1. The maximum Gasteiger partial charge on any atom is 0.161 e. The lowest BCUT2D eigenvalue weighted by Crippen LogP contribution is -2.19. The Hall–Kier alpha value is -0.780. The van der Waals surface area contributed by atoms with Crippen LogP contribution in [0.5, 0.6) is 11.5 Å². The number of methoxy groups -OCH3 is 1. The van der Waals surface area contributed by atoms with Crippen LogP contribution < -0.4 is 9.47 Å². The second kappa shape index (κ2) is 6.83. The van der Waals surface area contributed by atoms with Gasteiger partial charge in [-0.1, -0.05) is 22.0 Å². The molecule has 2 unspecified atom stereocenters. The van der Waals surface area contributed by atoms with Gasteiger partial charge in [0.05, 0.1) is 19.8 Å². The Labute approximate surface area is 109 Å². The summed E-state index contributed by atoms with van der Waals surface area (Å²) in [5, 5.41) is 19.7. The quantitative estimate of drug-likeness (QED) is 0.788. The minimum absolute atomic E-state index is 0.309. The fraction of sp³-hybridized carbons (Fsp3) is 0.500. The van der Waals surface area contributed by atoms with Crippen molar-refractivity contribution in [1.29, 1.82) is 0 Å². The second-order valence-corrected chi connectivity index (χ2v) is 4.16. The van der Waals surface area contributed by atoms with Crippen LogP contribution in [0.15, 0.2) is 18.2 Å². The van der Waals surface area contributed by atoms with Crippen LogP contribution in [0.2, 0.25) is 0 Å². The molecule has 0 saturated heterocycles. The van der Waals surface area contributed by atoms with Crippen LogP contribution in [0.4, 0.5) is 0 Å². The van der Waals surface area contributed by atoms with Crippen LogP contribution in [0, 0.1) is 0 Å². The van der Waals surface area contributed by atoms with E-state index in [9.17, 15) is 10.2 Å². The molecule has 1 aromatic carbocycles. The largest absolute Gasteiger partial charge is 0.493 e. The van der Waals surface area contributed by atoms with E-state index in [0.29, 0.717) is 29.0 Å². The smallest absolute Gasteiger partial charge is 0.161 e. The lowest BCUT2D eigenvalue weighted by Gasteiger charge is -2.17. The number of hydrogen-bond donors (Lipinski definition) is 2. The van der Waals surface area contributed by atoms with Gasteiger partial charge >= 0.3 is 0 Å². The Balaban J connectivity index is 2.96. The highest BCUT2D eigenvalue weighted by atomic mass is 79.9. The Bertz CT molecular complexity index is 356. The van der Waals surface area contributed by atoms with E-state index in [0.717, 1.165) is 0 Å². The Morgan fingerprint density at radius 1 is 1.29 bits per heavy atom. The van der Waals surface area contributed by atoms with Gasteiger partial charge in [0.15, 0.2) is 11.5 Å². The normalized spacial score (nSPS) is 14.2. The van der Waals surface area contributed by atoms with E-state index in [1.807, 2.05) is 6.92 Å². The van der Waals surface area contributed by atoms with Crippen molar-refractivity contribution in [2.75, 3.05) is 19.0 Å². The molecule has 17 heavy (non-hydrogen) atoms. The number of alkyl halides is 1. The molecule has 0 aliphatic heterocycles. The van der Waals surface area contributed by atoms with Gasteiger partial charge in [0.25, 0.3) is 0 Å². The summed E-state index contributed by atoms with van der Waals surface area (Å²) in [5.74, 6) is 1.17. The molecule has 4 nitrogen and oxygen atoms in total. The molecule has 0 spiro atoms. The first-order valence-corrected chi connectivity index (χ1v) is 6.49. The van der Waals surface area contributed by atoms with Crippen molar-refractivity contribution in [3.8, 4) is 11.5 Å². The first-order valence-electron chi connectivity index (χ1n) is 5.36. The van der Waals surface area contributed by atoms with Crippen molar-refractivity contribution >= 4 is 15.9 Å². The van der Waals surface area contributed by atoms with E-state index >= 15 is 0 Å². The summed E-state index contributed by atoms with van der Waals surface area (Å²) in [6.45, 7) is 2.43. The molecule has 2 N–H and O–H groups in total. The highest BCUT2D eigenvalue weighted by Crippen LogP contribution is 2.31. The van der Waals surface area contributed by atoms with E-state index in [2.05, 4.69) is 15.9 Å². The maximum atomic E-state index is 9.85. The number of hydrogen-bond acceptors (Lipinski definition) is 4. The van der Waals surface area contributed by atoms with Gasteiger partial charge in [-0.25, -0.2) is 0 Å². The highest BCUT2D eigenvalue weighted by Gasteiger charge is 2.18. The lowest BCUT2D eigenvalue weighted by molar-refractivity contribution is 0.0341. The zero-order valence-electron chi connectivity index (χ0n) is 9.89. The van der Waals surface area contributed by atoms with E-state index in [1.165, 1.54) is 7.11 Å². The fourth-order valence-electron chi connectivity index (χ4n) is 1.45. The summed E-state index contributed by atoms with van der Waals surface area (Å²) >= 11 is 3.12. The molecular weight excluding hydrogens is 288 g/mol. The van der Waals surface area contributed by atoms with Crippen LogP contribution >= 0.6 is 15.9 Å². The monoisotopic (exact) mass is 304 g/mol. The number of ether oxygens (including phenoxy) is 2. The molecule has 1 rings (SSSR count). The Morgan fingerprint density at radius 2 is 2.00 bits per heavy atom. The molecule has 0 aliphatic carbocycles. The van der Waals surface area contributed by atoms with Crippen molar-refractivity contribution in [2.24, 2.45) is 0 Å². The van der Waals surface area contributed by atoms with Gasteiger partial charge in [0.1, 0.15) is 6.10 Å². The molecule has 1 aromatic rings. The molecule has 0 aromatic heterocycles. The van der Waals surface area contributed by atoms with Crippen molar-refractivity contribution < 1.29 is 19.7 Å². The van der Waals surface area contributed by atoms with Crippen molar-refractivity contribution in [1.82, 2.24) is 0 Å². The fourth-order valence-corrected chi connectivity index (χ4v) is 1.80. The Kier molecular flexibility index (Phi) is 5.74. The van der Waals surface area contributed by atoms with Gasteiger partial charge in [-0.15, -0.1) is 0 Å². The molecule has 0 saturated carbocycles. The summed E-state index contributed by atoms with van der Waals surface area (Å²) in [7, 11) is 1.54. The van der Waals surface area contributed by atoms with Crippen LogP contribution in [-0.4, -0.2) is 35.4 Å². The first kappa shape index (κ1) is 14.3. The summed E-state index contributed by atoms with van der Waals surface area (Å²) < 4.78 is 10.5. The van der Waals surface area contributed by atoms with Gasteiger partial charge in [0, 0.05) is 5.33 Å². The van der Waals surface area contributed by atoms with Gasteiger partial charge in [-0.05, 0) is 24.6 Å². The van der Waals surface area contributed by atoms with Crippen LogP contribution in [0.25, 0.3) is 0 Å². The minimum Gasteiger partial charge on any atom is -0.493 e. The molecule has 0 radical (unpaired) electrons. The van der Waals surface area contributed by atoms with Gasteiger partial charge in [0.2, 0.25) is 0 Å². The number of halogens is 1. The third-order valence-corrected chi connectivity index (χ3v) is 3.01. The van der Waals surface area contributed by atoms with Gasteiger partial charge < -0.3 is 19.7 Å². The van der Waals surface area contributed by atoms with E-state index in [1.54, 1.807) is 18.2 Å². The van der Waals surface area contributed by atoms with E-state index < -0.39 is 12.2 Å². The lowest BCUT2D eigenvalue weighted by atomic mass is 10.0. The number of aliphatic hydroxyl groups is 2. The minimum atomic E-state index is -0.945. The van der Waals surface area contributed by atoms with Crippen molar-refractivity contribution in [2.45, 2.75) is 19.1 Å². The maximum absolute atomic E-state index is 9.85. The third-order valence-electron chi connectivity index (χ3n) is 2.35. The molecule has 0 bridgehead atoms. The Morgan fingerprint density at radius 3 is 2.53 bits per heavy atom. The average Bonchev–Trinajstić information content (AvgIpc) is 2.37. The molecule has 96 valence electrons. The SMILES string of the molecule is CCOc1ccc(C(O)C(O)CBr)cc1OC. The third kappa shape index (κ3) is 3.59. The molecule has 0 fully saturated rings. The van der Waals surface area contributed by atoms with Crippen molar-refractivity contribution in [3.05, 3.63) is 23.8 Å². The molecule has 0 aliphatic rings. The number of aliphatic hydroxyl groups excluding tert-OH is 2. The predicted octanol–water partition coefficient (Wildman–Crippen LogP) is 1.88. The zero-order chi connectivity index (χ0) is 12.8. The molecule has 5 heteroatoms. The molecule has 0 amide bonds. The predicted molar refractivity (Wildman–Crippen MR) is 68.9 cm³/mol. The topological polar surface area (TPSA) is 58.9 Å². The second-order valence-electron chi connectivity index (χ2n) is 3.51. The summed E-state index contributed by atoms with van der Waals surface area (Å²) in [5.41, 5.74) is 0.595. The number of rotatable bonds is 6. The van der Waals surface area contributed by atoms with Gasteiger partial charge in [-0.3, -0.25) is 0 Å².